The lowest BCUT2D eigenvalue weighted by Crippen LogP contribution is -2.42. The molecule has 1 amide bonds. The van der Waals surface area contributed by atoms with Crippen molar-refractivity contribution in [1.29, 1.82) is 0 Å². The molecule has 1 fully saturated rings. The van der Waals surface area contributed by atoms with Gasteiger partial charge < -0.3 is 10.2 Å². The molecule has 0 aliphatic carbocycles. The molecule has 128 valence electrons. The SMILES string of the molecule is CCCN(C(=O)c1nn(-c2ccc(F)cc2)cc1Br)C1CCNC1. The predicted octanol–water partition coefficient (Wildman–Crippen LogP) is 2.99. The number of aromatic nitrogens is 2. The summed E-state index contributed by atoms with van der Waals surface area (Å²) in [6.07, 6.45) is 3.60. The number of carbonyl (C=O) groups excluding carboxylic acids is 1. The molecule has 24 heavy (non-hydrogen) atoms. The molecule has 5 nitrogen and oxygen atoms in total. The van der Waals surface area contributed by atoms with Crippen molar-refractivity contribution in [3.05, 3.63) is 46.4 Å². The average molecular weight is 395 g/mol. The zero-order valence-electron chi connectivity index (χ0n) is 13.5. The number of carbonyl (C=O) groups is 1. The summed E-state index contributed by atoms with van der Waals surface area (Å²) >= 11 is 3.44. The predicted molar refractivity (Wildman–Crippen MR) is 93.8 cm³/mol. The standard InChI is InChI=1S/C17H20BrFN4O/c1-2-9-22(14-7-8-20-10-14)17(24)16-15(18)11-23(21-16)13-5-3-12(19)4-6-13/h3-6,11,14,20H,2,7-10H2,1H3. The maximum atomic E-state index is 13.1. The van der Waals surface area contributed by atoms with Gasteiger partial charge >= 0.3 is 0 Å². The second-order valence-electron chi connectivity index (χ2n) is 5.89. The second-order valence-corrected chi connectivity index (χ2v) is 6.75. The topological polar surface area (TPSA) is 50.2 Å². The van der Waals surface area contributed by atoms with Crippen LogP contribution in [0, 0.1) is 5.82 Å². The van der Waals surface area contributed by atoms with Crippen molar-refractivity contribution in [2.45, 2.75) is 25.8 Å². The van der Waals surface area contributed by atoms with Gasteiger partial charge in [-0.3, -0.25) is 4.79 Å². The molecule has 0 spiro atoms. The lowest BCUT2D eigenvalue weighted by Gasteiger charge is -2.27. The Morgan fingerprint density at radius 2 is 2.21 bits per heavy atom. The molecule has 0 saturated carbocycles. The van der Waals surface area contributed by atoms with Gasteiger partial charge in [0, 0.05) is 25.3 Å². The minimum absolute atomic E-state index is 0.0710. The van der Waals surface area contributed by atoms with E-state index in [0.29, 0.717) is 22.4 Å². The van der Waals surface area contributed by atoms with Crippen molar-refractivity contribution in [2.24, 2.45) is 0 Å². The Morgan fingerprint density at radius 1 is 1.46 bits per heavy atom. The number of hydrogen-bond donors (Lipinski definition) is 1. The summed E-state index contributed by atoms with van der Waals surface area (Å²) < 4.78 is 15.3. The van der Waals surface area contributed by atoms with Gasteiger partial charge in [-0.2, -0.15) is 5.10 Å². The van der Waals surface area contributed by atoms with Crippen molar-refractivity contribution < 1.29 is 9.18 Å². The van der Waals surface area contributed by atoms with Gasteiger partial charge in [0.05, 0.1) is 10.2 Å². The quantitative estimate of drug-likeness (QED) is 0.847. The van der Waals surface area contributed by atoms with Gasteiger partial charge in [-0.25, -0.2) is 9.07 Å². The first-order valence-corrected chi connectivity index (χ1v) is 8.92. The fraction of sp³-hybridized carbons (Fsp3) is 0.412. The summed E-state index contributed by atoms with van der Waals surface area (Å²) in [5.74, 6) is -0.373. The van der Waals surface area contributed by atoms with Gasteiger partial charge in [0.25, 0.3) is 5.91 Å². The summed E-state index contributed by atoms with van der Waals surface area (Å²) in [5.41, 5.74) is 1.10. The normalized spacial score (nSPS) is 17.2. The van der Waals surface area contributed by atoms with E-state index in [1.165, 1.54) is 12.1 Å². The lowest BCUT2D eigenvalue weighted by atomic mass is 10.2. The number of benzene rings is 1. The van der Waals surface area contributed by atoms with E-state index >= 15 is 0 Å². The number of amides is 1. The summed E-state index contributed by atoms with van der Waals surface area (Å²) in [4.78, 5) is 14.9. The molecule has 1 atom stereocenters. The van der Waals surface area contributed by atoms with E-state index in [2.05, 4.69) is 33.3 Å². The molecule has 2 aromatic rings. The first-order valence-electron chi connectivity index (χ1n) is 8.13. The van der Waals surface area contributed by atoms with E-state index in [0.717, 1.165) is 25.9 Å². The zero-order valence-corrected chi connectivity index (χ0v) is 15.1. The second kappa shape index (κ2) is 7.44. The molecule has 1 unspecified atom stereocenters. The van der Waals surface area contributed by atoms with Crippen LogP contribution >= 0.6 is 15.9 Å². The van der Waals surface area contributed by atoms with Crippen LogP contribution in [0.15, 0.2) is 34.9 Å². The zero-order chi connectivity index (χ0) is 17.1. The van der Waals surface area contributed by atoms with E-state index in [-0.39, 0.29) is 17.8 Å². The summed E-state index contributed by atoms with van der Waals surface area (Å²) in [6.45, 7) is 4.53. The fourth-order valence-corrected chi connectivity index (χ4v) is 3.40. The molecule has 0 bridgehead atoms. The van der Waals surface area contributed by atoms with E-state index in [1.807, 2.05) is 4.90 Å². The fourth-order valence-electron chi connectivity index (χ4n) is 2.96. The molecule has 3 rings (SSSR count). The molecular weight excluding hydrogens is 375 g/mol. The third-order valence-corrected chi connectivity index (χ3v) is 4.74. The first-order chi connectivity index (χ1) is 11.6. The first kappa shape index (κ1) is 17.1. The van der Waals surface area contributed by atoms with Crippen molar-refractivity contribution >= 4 is 21.8 Å². The average Bonchev–Trinajstić information content (AvgIpc) is 3.22. The van der Waals surface area contributed by atoms with E-state index in [1.54, 1.807) is 23.0 Å². The summed E-state index contributed by atoms with van der Waals surface area (Å²) in [7, 11) is 0. The van der Waals surface area contributed by atoms with E-state index in [4.69, 9.17) is 0 Å². The van der Waals surface area contributed by atoms with Crippen LogP contribution in [0.4, 0.5) is 4.39 Å². The van der Waals surface area contributed by atoms with Crippen molar-refractivity contribution in [3.8, 4) is 5.69 Å². The third kappa shape index (κ3) is 3.52. The van der Waals surface area contributed by atoms with Gasteiger partial charge in [-0.15, -0.1) is 0 Å². The minimum atomic E-state index is -0.302. The monoisotopic (exact) mass is 394 g/mol. The van der Waals surface area contributed by atoms with Crippen LogP contribution < -0.4 is 5.32 Å². The highest BCUT2D eigenvalue weighted by Gasteiger charge is 2.29. The van der Waals surface area contributed by atoms with Gasteiger partial charge in [-0.05, 0) is 59.6 Å². The van der Waals surface area contributed by atoms with Crippen LogP contribution in [0.3, 0.4) is 0 Å². The highest BCUT2D eigenvalue weighted by atomic mass is 79.9. The molecule has 1 N–H and O–H groups in total. The van der Waals surface area contributed by atoms with Crippen molar-refractivity contribution in [1.82, 2.24) is 20.0 Å². The molecule has 1 aromatic heterocycles. The molecular formula is C17H20BrFN4O. The molecule has 7 heteroatoms. The Balaban J connectivity index is 1.87. The van der Waals surface area contributed by atoms with Gasteiger partial charge in [0.2, 0.25) is 0 Å². The van der Waals surface area contributed by atoms with Crippen LogP contribution in [-0.4, -0.2) is 46.3 Å². The molecule has 1 saturated heterocycles. The molecule has 0 radical (unpaired) electrons. The van der Waals surface area contributed by atoms with Crippen LogP contribution in [0.25, 0.3) is 5.69 Å². The number of rotatable bonds is 5. The maximum absolute atomic E-state index is 13.1. The Morgan fingerprint density at radius 3 is 2.83 bits per heavy atom. The summed E-state index contributed by atoms with van der Waals surface area (Å²) in [6, 6.07) is 6.22. The van der Waals surface area contributed by atoms with Crippen LogP contribution in [0.2, 0.25) is 0 Å². The van der Waals surface area contributed by atoms with Gasteiger partial charge in [0.15, 0.2) is 5.69 Å². The van der Waals surface area contributed by atoms with Crippen LogP contribution in [-0.2, 0) is 0 Å². The number of nitrogens with zero attached hydrogens (tertiary/aromatic N) is 3. The maximum Gasteiger partial charge on any atom is 0.275 e. The highest BCUT2D eigenvalue weighted by molar-refractivity contribution is 9.10. The van der Waals surface area contributed by atoms with E-state index < -0.39 is 0 Å². The van der Waals surface area contributed by atoms with E-state index in [9.17, 15) is 9.18 Å². The lowest BCUT2D eigenvalue weighted by molar-refractivity contribution is 0.0685. The number of nitrogens with one attached hydrogen (secondary N) is 1. The number of hydrogen-bond acceptors (Lipinski definition) is 3. The minimum Gasteiger partial charge on any atom is -0.333 e. The largest absolute Gasteiger partial charge is 0.333 e. The summed E-state index contributed by atoms with van der Waals surface area (Å²) in [5, 5.41) is 7.72. The smallest absolute Gasteiger partial charge is 0.275 e. The highest BCUT2D eigenvalue weighted by Crippen LogP contribution is 2.22. The molecule has 2 heterocycles. The van der Waals surface area contributed by atoms with Crippen LogP contribution in [0.1, 0.15) is 30.3 Å². The van der Waals surface area contributed by atoms with Gasteiger partial charge in [0.1, 0.15) is 5.82 Å². The molecule has 1 aliphatic rings. The third-order valence-electron chi connectivity index (χ3n) is 4.16. The van der Waals surface area contributed by atoms with Crippen LogP contribution in [0.5, 0.6) is 0 Å². The van der Waals surface area contributed by atoms with Crippen molar-refractivity contribution in [3.63, 3.8) is 0 Å². The Kier molecular flexibility index (Phi) is 5.30. The van der Waals surface area contributed by atoms with Gasteiger partial charge in [-0.1, -0.05) is 6.92 Å². The Labute approximate surface area is 149 Å². The Hall–Kier alpha value is -1.73. The number of halogens is 2. The van der Waals surface area contributed by atoms with Crippen molar-refractivity contribution in [2.75, 3.05) is 19.6 Å². The molecule has 1 aromatic carbocycles. The molecule has 1 aliphatic heterocycles. The Bertz CT molecular complexity index is 710.